The van der Waals surface area contributed by atoms with Gasteiger partial charge in [-0.05, 0) is 69.4 Å². The fourth-order valence-corrected chi connectivity index (χ4v) is 3.03. The summed E-state index contributed by atoms with van der Waals surface area (Å²) in [6, 6.07) is 12.5. The van der Waals surface area contributed by atoms with Gasteiger partial charge in [0.1, 0.15) is 11.5 Å². The van der Waals surface area contributed by atoms with Crippen molar-refractivity contribution in [2.75, 3.05) is 5.32 Å². The molecule has 2 aromatic carbocycles. The molecule has 0 spiro atoms. The summed E-state index contributed by atoms with van der Waals surface area (Å²) in [6.07, 6.45) is 2.04. The molecule has 3 rings (SSSR count). The molecule has 0 fully saturated rings. The lowest BCUT2D eigenvalue weighted by molar-refractivity contribution is 0.443. The predicted molar refractivity (Wildman–Crippen MR) is 110 cm³/mol. The van der Waals surface area contributed by atoms with Crippen molar-refractivity contribution in [3.8, 4) is 0 Å². The lowest BCUT2D eigenvalue weighted by atomic mass is 10.1. The van der Waals surface area contributed by atoms with Crippen LogP contribution in [-0.4, -0.2) is 5.90 Å². The van der Waals surface area contributed by atoms with Crippen LogP contribution in [0.3, 0.4) is 0 Å². The van der Waals surface area contributed by atoms with Gasteiger partial charge in [-0.1, -0.05) is 36.4 Å². The maximum absolute atomic E-state index is 6.08. The number of aliphatic imine (C=N–C) groups is 1. The summed E-state index contributed by atoms with van der Waals surface area (Å²) in [7, 11) is 0. The zero-order valence-corrected chi connectivity index (χ0v) is 16.4. The minimum atomic E-state index is 0.612. The number of hydrogen-bond donors (Lipinski definition) is 1. The number of anilines is 1. The van der Waals surface area contributed by atoms with Crippen LogP contribution in [-0.2, 0) is 4.74 Å². The first-order valence-electron chi connectivity index (χ1n) is 8.92. The lowest BCUT2D eigenvalue weighted by Gasteiger charge is -2.14. The smallest absolute Gasteiger partial charge is 0.243 e. The maximum Gasteiger partial charge on any atom is 0.243 e. The Morgan fingerprint density at radius 1 is 0.846 bits per heavy atom. The largest absolute Gasteiger partial charge is 0.437 e. The van der Waals surface area contributed by atoms with Crippen molar-refractivity contribution in [2.45, 2.75) is 41.5 Å². The Hall–Kier alpha value is -2.81. The second-order valence-electron chi connectivity index (χ2n) is 7.07. The summed E-state index contributed by atoms with van der Waals surface area (Å²) in [5.74, 6) is 1.46. The normalized spacial score (nSPS) is 15.1. The van der Waals surface area contributed by atoms with Crippen molar-refractivity contribution in [2.24, 2.45) is 4.99 Å². The van der Waals surface area contributed by atoms with E-state index in [1.54, 1.807) is 0 Å². The number of nitrogens with zero attached hydrogens (tertiary/aromatic N) is 1. The van der Waals surface area contributed by atoms with Gasteiger partial charge in [-0.2, -0.15) is 0 Å². The molecule has 0 saturated carbocycles. The molecular formula is C23H26N2O. The van der Waals surface area contributed by atoms with E-state index in [0.717, 1.165) is 39.5 Å². The van der Waals surface area contributed by atoms with E-state index in [4.69, 9.17) is 9.73 Å². The molecule has 2 aromatic rings. The summed E-state index contributed by atoms with van der Waals surface area (Å²) in [5, 5.41) is 3.54. The van der Waals surface area contributed by atoms with E-state index in [-0.39, 0.29) is 0 Å². The molecule has 3 nitrogen and oxygen atoms in total. The first-order chi connectivity index (χ1) is 12.4. The van der Waals surface area contributed by atoms with Crippen molar-refractivity contribution >= 4 is 17.3 Å². The maximum atomic E-state index is 6.08. The zero-order chi connectivity index (χ0) is 18.8. The highest BCUT2D eigenvalue weighted by Crippen LogP contribution is 2.30. The van der Waals surface area contributed by atoms with Crippen molar-refractivity contribution in [3.05, 3.63) is 81.8 Å². The number of ether oxygens (including phenoxy) is 1. The third-order valence-corrected chi connectivity index (χ3v) is 4.60. The second kappa shape index (κ2) is 7.20. The Bertz CT molecular complexity index is 904. The molecule has 1 aliphatic heterocycles. The number of para-hydroxylation sites is 2. The highest BCUT2D eigenvalue weighted by atomic mass is 16.5. The van der Waals surface area contributed by atoms with Crippen LogP contribution in [0.2, 0.25) is 0 Å². The predicted octanol–water partition coefficient (Wildman–Crippen LogP) is 6.27. The van der Waals surface area contributed by atoms with Crippen LogP contribution in [0.25, 0.3) is 0 Å². The number of nitrogens with one attached hydrogen (secondary N) is 1. The van der Waals surface area contributed by atoms with Crippen LogP contribution in [0.15, 0.2) is 64.5 Å². The van der Waals surface area contributed by atoms with E-state index in [9.17, 15) is 0 Å². The molecule has 134 valence electrons. The molecule has 1 aliphatic rings. The average molecular weight is 346 g/mol. The Kier molecular flexibility index (Phi) is 4.99. The van der Waals surface area contributed by atoms with Crippen molar-refractivity contribution < 1.29 is 4.74 Å². The molecule has 0 bridgehead atoms. The molecule has 0 atom stereocenters. The van der Waals surface area contributed by atoms with E-state index in [1.807, 2.05) is 19.9 Å². The third-order valence-electron chi connectivity index (χ3n) is 4.60. The molecule has 26 heavy (non-hydrogen) atoms. The van der Waals surface area contributed by atoms with Crippen molar-refractivity contribution in [1.29, 1.82) is 0 Å². The summed E-state index contributed by atoms with van der Waals surface area (Å²) in [4.78, 5) is 4.86. The van der Waals surface area contributed by atoms with Crippen LogP contribution >= 0.6 is 0 Å². The zero-order valence-electron chi connectivity index (χ0n) is 16.4. The fourth-order valence-electron chi connectivity index (χ4n) is 3.03. The van der Waals surface area contributed by atoms with E-state index in [1.165, 1.54) is 11.1 Å². The molecule has 0 amide bonds. The van der Waals surface area contributed by atoms with Gasteiger partial charge in [-0.15, -0.1) is 0 Å². The van der Waals surface area contributed by atoms with E-state index in [2.05, 4.69) is 69.4 Å². The van der Waals surface area contributed by atoms with Crippen molar-refractivity contribution in [3.63, 3.8) is 0 Å². The van der Waals surface area contributed by atoms with Gasteiger partial charge in [0, 0.05) is 11.8 Å². The highest BCUT2D eigenvalue weighted by molar-refractivity contribution is 6.02. The number of allylic oxidation sites excluding steroid dienone is 2. The molecule has 0 aromatic heterocycles. The number of aryl methyl sites for hydroxylation is 4. The van der Waals surface area contributed by atoms with E-state index < -0.39 is 0 Å². The molecule has 3 heteroatoms. The molecule has 0 saturated heterocycles. The van der Waals surface area contributed by atoms with Crippen LogP contribution in [0.4, 0.5) is 11.4 Å². The number of hydrogen-bond acceptors (Lipinski definition) is 3. The summed E-state index contributed by atoms with van der Waals surface area (Å²) in [5.41, 5.74) is 8.75. The van der Waals surface area contributed by atoms with Gasteiger partial charge in [0.25, 0.3) is 0 Å². The minimum Gasteiger partial charge on any atom is -0.437 e. The summed E-state index contributed by atoms with van der Waals surface area (Å²) in [6.45, 7) is 12.5. The van der Waals surface area contributed by atoms with Gasteiger partial charge in [0.15, 0.2) is 0 Å². The monoisotopic (exact) mass is 346 g/mol. The highest BCUT2D eigenvalue weighted by Gasteiger charge is 2.22. The van der Waals surface area contributed by atoms with Crippen LogP contribution in [0.1, 0.15) is 36.1 Å². The molecule has 0 radical (unpaired) electrons. The van der Waals surface area contributed by atoms with Gasteiger partial charge in [0.05, 0.1) is 5.69 Å². The fraction of sp³-hybridized carbons (Fsp3) is 0.261. The van der Waals surface area contributed by atoms with E-state index in [0.29, 0.717) is 5.90 Å². The minimum absolute atomic E-state index is 0.612. The lowest BCUT2D eigenvalue weighted by Crippen LogP contribution is -2.10. The van der Waals surface area contributed by atoms with Gasteiger partial charge >= 0.3 is 0 Å². The molecule has 1 N–H and O–H groups in total. The Balaban J connectivity index is 2.06. The Morgan fingerprint density at radius 3 is 1.92 bits per heavy atom. The molecule has 1 heterocycles. The molecule has 0 unspecified atom stereocenters. The molecule has 0 aliphatic carbocycles. The van der Waals surface area contributed by atoms with Crippen LogP contribution in [0, 0.1) is 27.7 Å². The van der Waals surface area contributed by atoms with Crippen LogP contribution < -0.4 is 5.32 Å². The van der Waals surface area contributed by atoms with Gasteiger partial charge in [-0.25, -0.2) is 4.99 Å². The van der Waals surface area contributed by atoms with Gasteiger partial charge < -0.3 is 10.1 Å². The summed E-state index contributed by atoms with van der Waals surface area (Å²) < 4.78 is 6.08. The SMILES string of the molecule is CC(C)=C1C=C(Nc2c(C)cccc2C)C(=Nc2c(C)cccc2C)O1. The van der Waals surface area contributed by atoms with Crippen LogP contribution in [0.5, 0.6) is 0 Å². The first-order valence-corrected chi connectivity index (χ1v) is 8.92. The number of rotatable bonds is 3. The Labute approximate surface area is 156 Å². The standard InChI is InChI=1S/C23H26N2O/c1-14(2)20-13-19(24-21-15(3)9-7-10-16(21)4)23(26-20)25-22-17(5)11-8-12-18(22)6/h7-13,24H,1-6H3. The van der Waals surface area contributed by atoms with Crippen molar-refractivity contribution in [1.82, 2.24) is 0 Å². The quantitative estimate of drug-likeness (QED) is 0.710. The second-order valence-corrected chi connectivity index (χ2v) is 7.07. The Morgan fingerprint density at radius 2 is 1.38 bits per heavy atom. The first kappa shape index (κ1) is 18.0. The van der Waals surface area contributed by atoms with Gasteiger partial charge in [0.2, 0.25) is 5.90 Å². The third kappa shape index (κ3) is 3.57. The van der Waals surface area contributed by atoms with E-state index >= 15 is 0 Å². The van der Waals surface area contributed by atoms with Gasteiger partial charge in [-0.3, -0.25) is 0 Å². The molecular weight excluding hydrogens is 320 g/mol. The average Bonchev–Trinajstić information content (AvgIpc) is 2.98. The number of benzene rings is 2. The topological polar surface area (TPSA) is 33.6 Å². The summed E-state index contributed by atoms with van der Waals surface area (Å²) >= 11 is 0.